The zero-order valence-electron chi connectivity index (χ0n) is 7.46. The number of anilines is 1. The number of carbonyl (C=O) groups excluding carboxylic acids is 1. The smallest absolute Gasteiger partial charge is 0.225 e. The van der Waals surface area contributed by atoms with Gasteiger partial charge in [0.1, 0.15) is 5.82 Å². The summed E-state index contributed by atoms with van der Waals surface area (Å²) in [5.74, 6) is -0.585. The highest BCUT2D eigenvalue weighted by atomic mass is 19.1. The minimum atomic E-state index is -0.347. The molecule has 1 aromatic rings. The van der Waals surface area contributed by atoms with Crippen LogP contribution in [0, 0.1) is 17.1 Å². The number of nitriles is 1. The summed E-state index contributed by atoms with van der Waals surface area (Å²) < 4.78 is 12.5. The molecule has 0 saturated heterocycles. The molecule has 72 valence electrons. The predicted octanol–water partition coefficient (Wildman–Crippen LogP) is 2.07. The lowest BCUT2D eigenvalue weighted by Crippen LogP contribution is -2.10. The van der Waals surface area contributed by atoms with Gasteiger partial charge in [0, 0.05) is 18.5 Å². The molecular weight excluding hydrogens is 183 g/mol. The SMILES string of the molecule is N#CCCC(=O)Nc1ccc(F)cc1. The molecule has 3 nitrogen and oxygen atoms in total. The summed E-state index contributed by atoms with van der Waals surface area (Å²) in [4.78, 5) is 11.1. The molecule has 0 aliphatic heterocycles. The van der Waals surface area contributed by atoms with Gasteiger partial charge in [-0.05, 0) is 24.3 Å². The van der Waals surface area contributed by atoms with Crippen molar-refractivity contribution in [2.75, 3.05) is 5.32 Å². The van der Waals surface area contributed by atoms with Crippen molar-refractivity contribution in [1.82, 2.24) is 0 Å². The second kappa shape index (κ2) is 4.97. The van der Waals surface area contributed by atoms with Gasteiger partial charge < -0.3 is 5.32 Å². The highest BCUT2D eigenvalue weighted by Gasteiger charge is 2.01. The van der Waals surface area contributed by atoms with Crippen LogP contribution in [-0.4, -0.2) is 5.91 Å². The lowest BCUT2D eigenvalue weighted by Gasteiger charge is -2.02. The Balaban J connectivity index is 2.49. The molecule has 0 aliphatic carbocycles. The van der Waals surface area contributed by atoms with E-state index in [1.807, 2.05) is 6.07 Å². The van der Waals surface area contributed by atoms with Crippen LogP contribution in [-0.2, 0) is 4.79 Å². The van der Waals surface area contributed by atoms with Crippen molar-refractivity contribution in [1.29, 1.82) is 5.26 Å². The first kappa shape index (κ1) is 10.2. The van der Waals surface area contributed by atoms with Gasteiger partial charge in [-0.3, -0.25) is 4.79 Å². The zero-order valence-corrected chi connectivity index (χ0v) is 7.46. The molecule has 0 spiro atoms. The molecule has 1 amide bonds. The van der Waals surface area contributed by atoms with E-state index >= 15 is 0 Å². The van der Waals surface area contributed by atoms with Crippen LogP contribution >= 0.6 is 0 Å². The van der Waals surface area contributed by atoms with Gasteiger partial charge >= 0.3 is 0 Å². The maximum Gasteiger partial charge on any atom is 0.225 e. The van der Waals surface area contributed by atoms with Gasteiger partial charge in [0.05, 0.1) is 6.07 Å². The van der Waals surface area contributed by atoms with Gasteiger partial charge in [0.2, 0.25) is 5.91 Å². The molecule has 1 rings (SSSR count). The van der Waals surface area contributed by atoms with E-state index in [4.69, 9.17) is 5.26 Å². The van der Waals surface area contributed by atoms with Crippen molar-refractivity contribution >= 4 is 11.6 Å². The van der Waals surface area contributed by atoms with E-state index < -0.39 is 0 Å². The Morgan fingerprint density at radius 3 is 2.64 bits per heavy atom. The number of benzene rings is 1. The van der Waals surface area contributed by atoms with Crippen molar-refractivity contribution in [2.24, 2.45) is 0 Å². The molecule has 0 atom stereocenters. The van der Waals surface area contributed by atoms with Gasteiger partial charge in [0.25, 0.3) is 0 Å². The monoisotopic (exact) mass is 192 g/mol. The molecule has 0 heterocycles. The molecule has 0 unspecified atom stereocenters. The van der Waals surface area contributed by atoms with Crippen molar-refractivity contribution in [3.8, 4) is 6.07 Å². The van der Waals surface area contributed by atoms with Crippen molar-refractivity contribution in [3.05, 3.63) is 30.1 Å². The van der Waals surface area contributed by atoms with E-state index in [9.17, 15) is 9.18 Å². The van der Waals surface area contributed by atoms with Crippen LogP contribution in [0.4, 0.5) is 10.1 Å². The third-order valence-electron chi connectivity index (χ3n) is 1.59. The van der Waals surface area contributed by atoms with Gasteiger partial charge in [-0.15, -0.1) is 0 Å². The average Bonchev–Trinajstić information content (AvgIpc) is 2.18. The minimum absolute atomic E-state index is 0.161. The second-order valence-electron chi connectivity index (χ2n) is 2.71. The Labute approximate surface area is 81.2 Å². The zero-order chi connectivity index (χ0) is 10.4. The number of nitrogens with one attached hydrogen (secondary N) is 1. The molecule has 4 heteroatoms. The van der Waals surface area contributed by atoms with E-state index in [1.165, 1.54) is 24.3 Å². The number of halogens is 1. The summed E-state index contributed by atoms with van der Waals surface area (Å²) in [6.45, 7) is 0. The van der Waals surface area contributed by atoms with Crippen LogP contribution < -0.4 is 5.32 Å². The Hall–Kier alpha value is -1.89. The topological polar surface area (TPSA) is 52.9 Å². The molecule has 0 saturated carbocycles. The maximum atomic E-state index is 12.5. The van der Waals surface area contributed by atoms with Crippen molar-refractivity contribution < 1.29 is 9.18 Å². The Kier molecular flexibility index (Phi) is 3.62. The number of hydrogen-bond acceptors (Lipinski definition) is 2. The summed E-state index contributed by atoms with van der Waals surface area (Å²) >= 11 is 0. The minimum Gasteiger partial charge on any atom is -0.326 e. The Bertz CT molecular complexity index is 353. The number of carbonyl (C=O) groups is 1. The molecular formula is C10H9FN2O. The number of nitrogens with zero attached hydrogens (tertiary/aromatic N) is 1. The fourth-order valence-electron chi connectivity index (χ4n) is 0.926. The average molecular weight is 192 g/mol. The van der Waals surface area contributed by atoms with Crippen molar-refractivity contribution in [2.45, 2.75) is 12.8 Å². The first-order valence-corrected chi connectivity index (χ1v) is 4.15. The lowest BCUT2D eigenvalue weighted by atomic mass is 10.3. The summed E-state index contributed by atoms with van der Waals surface area (Å²) in [5.41, 5.74) is 0.536. The van der Waals surface area contributed by atoms with E-state index in [0.717, 1.165) is 0 Å². The van der Waals surface area contributed by atoms with Crippen LogP contribution in [0.1, 0.15) is 12.8 Å². The van der Waals surface area contributed by atoms with E-state index in [1.54, 1.807) is 0 Å². The standard InChI is InChI=1S/C10H9FN2O/c11-8-3-5-9(6-4-8)13-10(14)2-1-7-12/h3-6H,1-2H2,(H,13,14). The fourth-order valence-corrected chi connectivity index (χ4v) is 0.926. The highest BCUT2D eigenvalue weighted by Crippen LogP contribution is 2.08. The van der Waals surface area contributed by atoms with Gasteiger partial charge in [-0.1, -0.05) is 0 Å². The molecule has 14 heavy (non-hydrogen) atoms. The third-order valence-corrected chi connectivity index (χ3v) is 1.59. The molecule has 0 bridgehead atoms. The van der Waals surface area contributed by atoms with E-state index in [-0.39, 0.29) is 24.6 Å². The first-order valence-electron chi connectivity index (χ1n) is 4.15. The van der Waals surface area contributed by atoms with Crippen LogP contribution in [0.25, 0.3) is 0 Å². The molecule has 0 radical (unpaired) electrons. The van der Waals surface area contributed by atoms with Crippen LogP contribution in [0.15, 0.2) is 24.3 Å². The van der Waals surface area contributed by atoms with E-state index in [0.29, 0.717) is 5.69 Å². The molecule has 1 aromatic carbocycles. The number of hydrogen-bond donors (Lipinski definition) is 1. The van der Waals surface area contributed by atoms with Gasteiger partial charge in [-0.25, -0.2) is 4.39 Å². The van der Waals surface area contributed by atoms with E-state index in [2.05, 4.69) is 5.32 Å². The fraction of sp³-hybridized carbons (Fsp3) is 0.200. The third kappa shape index (κ3) is 3.23. The summed E-state index contributed by atoms with van der Waals surface area (Å²) in [6.07, 6.45) is 0.348. The maximum absolute atomic E-state index is 12.5. The quantitative estimate of drug-likeness (QED) is 0.796. The Morgan fingerprint density at radius 1 is 1.43 bits per heavy atom. The van der Waals surface area contributed by atoms with Gasteiger partial charge in [0.15, 0.2) is 0 Å². The van der Waals surface area contributed by atoms with Crippen LogP contribution in [0.5, 0.6) is 0 Å². The lowest BCUT2D eigenvalue weighted by molar-refractivity contribution is -0.116. The normalized spacial score (nSPS) is 9.14. The first-order chi connectivity index (χ1) is 6.72. The largest absolute Gasteiger partial charge is 0.326 e. The molecule has 0 fully saturated rings. The summed E-state index contributed by atoms with van der Waals surface area (Å²) in [7, 11) is 0. The van der Waals surface area contributed by atoms with Crippen LogP contribution in [0.2, 0.25) is 0 Å². The molecule has 1 N–H and O–H groups in total. The van der Waals surface area contributed by atoms with Crippen LogP contribution in [0.3, 0.4) is 0 Å². The number of rotatable bonds is 3. The molecule has 0 aromatic heterocycles. The summed E-state index contributed by atoms with van der Waals surface area (Å²) in [6, 6.07) is 7.34. The van der Waals surface area contributed by atoms with Crippen molar-refractivity contribution in [3.63, 3.8) is 0 Å². The van der Waals surface area contributed by atoms with Gasteiger partial charge in [-0.2, -0.15) is 5.26 Å². The second-order valence-corrected chi connectivity index (χ2v) is 2.71. The highest BCUT2D eigenvalue weighted by molar-refractivity contribution is 5.90. The predicted molar refractivity (Wildman–Crippen MR) is 49.9 cm³/mol. The number of amides is 1. The Morgan fingerprint density at radius 2 is 2.07 bits per heavy atom. The summed E-state index contributed by atoms with van der Waals surface area (Å²) in [5, 5.41) is 10.8. The molecule has 0 aliphatic rings.